The second kappa shape index (κ2) is 3.15. The van der Waals surface area contributed by atoms with Crippen LogP contribution >= 0.6 is 0 Å². The smallest absolute Gasteiger partial charge is 0.0314 e. The molecule has 0 radical (unpaired) electrons. The van der Waals surface area contributed by atoms with E-state index in [9.17, 15) is 0 Å². The largest absolute Gasteiger partial charge is 0.399 e. The molecule has 2 N–H and O–H groups in total. The Morgan fingerprint density at radius 2 is 1.83 bits per heavy atom. The third kappa shape index (κ3) is 1.59. The highest BCUT2D eigenvalue weighted by molar-refractivity contribution is 5.39. The second-order valence-electron chi connectivity index (χ2n) is 3.37. The van der Waals surface area contributed by atoms with Gasteiger partial charge in [-0.15, -0.1) is 0 Å². The van der Waals surface area contributed by atoms with Crippen LogP contribution in [0.1, 0.15) is 12.0 Å². The molecule has 64 valence electrons. The predicted octanol–water partition coefficient (Wildman–Crippen LogP) is 1.47. The third-order valence-corrected chi connectivity index (χ3v) is 2.33. The topological polar surface area (TPSA) is 29.3 Å². The van der Waals surface area contributed by atoms with Crippen molar-refractivity contribution in [2.75, 3.05) is 18.8 Å². The first-order valence-electron chi connectivity index (χ1n) is 4.41. The second-order valence-corrected chi connectivity index (χ2v) is 3.37. The van der Waals surface area contributed by atoms with Crippen molar-refractivity contribution >= 4 is 5.69 Å². The van der Waals surface area contributed by atoms with E-state index < -0.39 is 0 Å². The minimum Gasteiger partial charge on any atom is -0.399 e. The van der Waals surface area contributed by atoms with Gasteiger partial charge in [0.2, 0.25) is 0 Å². The Morgan fingerprint density at radius 1 is 1.17 bits per heavy atom. The van der Waals surface area contributed by atoms with Crippen LogP contribution in [-0.4, -0.2) is 18.0 Å². The summed E-state index contributed by atoms with van der Waals surface area (Å²) in [6, 6.07) is 8.14. The molecule has 1 fully saturated rings. The zero-order valence-corrected chi connectivity index (χ0v) is 7.16. The van der Waals surface area contributed by atoms with Crippen molar-refractivity contribution in [2.45, 2.75) is 13.0 Å². The van der Waals surface area contributed by atoms with Crippen molar-refractivity contribution in [2.24, 2.45) is 0 Å². The number of nitrogens with zero attached hydrogens (tertiary/aromatic N) is 1. The van der Waals surface area contributed by atoms with Crippen molar-refractivity contribution in [3.63, 3.8) is 0 Å². The van der Waals surface area contributed by atoms with E-state index in [1.165, 1.54) is 25.1 Å². The van der Waals surface area contributed by atoms with E-state index in [1.54, 1.807) is 0 Å². The number of nitrogens with two attached hydrogens (primary N) is 1. The molecule has 0 aromatic heterocycles. The van der Waals surface area contributed by atoms with Crippen LogP contribution in [-0.2, 0) is 6.54 Å². The molecule has 1 aliphatic rings. The Hall–Kier alpha value is -1.02. The van der Waals surface area contributed by atoms with E-state index in [0.29, 0.717) is 0 Å². The number of benzene rings is 1. The van der Waals surface area contributed by atoms with Crippen LogP contribution in [0.25, 0.3) is 0 Å². The van der Waals surface area contributed by atoms with Crippen molar-refractivity contribution in [3.05, 3.63) is 29.8 Å². The molecule has 1 aliphatic heterocycles. The number of anilines is 1. The average Bonchev–Trinajstić information content (AvgIpc) is 2.00. The van der Waals surface area contributed by atoms with Gasteiger partial charge in [0.1, 0.15) is 0 Å². The van der Waals surface area contributed by atoms with Gasteiger partial charge in [-0.3, -0.25) is 4.90 Å². The number of hydrogen-bond donors (Lipinski definition) is 1. The molecule has 1 saturated heterocycles. The lowest BCUT2D eigenvalue weighted by atomic mass is 10.1. The summed E-state index contributed by atoms with van der Waals surface area (Å²) in [6.07, 6.45) is 1.36. The number of nitrogen functional groups attached to an aromatic ring is 1. The van der Waals surface area contributed by atoms with Crippen molar-refractivity contribution in [1.29, 1.82) is 0 Å². The standard InChI is InChI=1S/C10H14N2/c11-10-4-2-9(3-5-10)8-12-6-1-7-12/h2-5H,1,6-8,11H2. The Morgan fingerprint density at radius 3 is 2.33 bits per heavy atom. The van der Waals surface area contributed by atoms with Crippen molar-refractivity contribution in [1.82, 2.24) is 4.90 Å². The summed E-state index contributed by atoms with van der Waals surface area (Å²) in [5.41, 5.74) is 7.80. The fourth-order valence-corrected chi connectivity index (χ4v) is 1.42. The Balaban J connectivity index is 1.98. The van der Waals surface area contributed by atoms with Gasteiger partial charge in [0, 0.05) is 12.2 Å². The molecule has 0 unspecified atom stereocenters. The summed E-state index contributed by atoms with van der Waals surface area (Å²) in [7, 11) is 0. The predicted molar refractivity (Wildman–Crippen MR) is 50.7 cm³/mol. The average molecular weight is 162 g/mol. The molecule has 0 amide bonds. The van der Waals surface area contributed by atoms with E-state index >= 15 is 0 Å². The molecule has 2 heteroatoms. The van der Waals surface area contributed by atoms with E-state index in [4.69, 9.17) is 5.73 Å². The lowest BCUT2D eigenvalue weighted by Gasteiger charge is -2.30. The third-order valence-electron chi connectivity index (χ3n) is 2.33. The van der Waals surface area contributed by atoms with E-state index in [0.717, 1.165) is 12.2 Å². The molecule has 1 heterocycles. The number of hydrogen-bond acceptors (Lipinski definition) is 2. The summed E-state index contributed by atoms with van der Waals surface area (Å²) in [6.45, 7) is 3.59. The van der Waals surface area contributed by atoms with E-state index in [-0.39, 0.29) is 0 Å². The summed E-state index contributed by atoms with van der Waals surface area (Å²) >= 11 is 0. The van der Waals surface area contributed by atoms with Gasteiger partial charge in [-0.05, 0) is 37.2 Å². The lowest BCUT2D eigenvalue weighted by molar-refractivity contribution is 0.172. The maximum Gasteiger partial charge on any atom is 0.0314 e. The van der Waals surface area contributed by atoms with Crippen LogP contribution in [0, 0.1) is 0 Å². The van der Waals surface area contributed by atoms with Gasteiger partial charge >= 0.3 is 0 Å². The number of likely N-dealkylation sites (tertiary alicyclic amines) is 1. The highest BCUT2D eigenvalue weighted by atomic mass is 15.2. The van der Waals surface area contributed by atoms with Gasteiger partial charge in [0.05, 0.1) is 0 Å². The first kappa shape index (κ1) is 7.62. The zero-order valence-electron chi connectivity index (χ0n) is 7.16. The fraction of sp³-hybridized carbons (Fsp3) is 0.400. The quantitative estimate of drug-likeness (QED) is 0.667. The van der Waals surface area contributed by atoms with Gasteiger partial charge in [-0.1, -0.05) is 12.1 Å². The molecule has 0 aliphatic carbocycles. The highest BCUT2D eigenvalue weighted by Crippen LogP contribution is 2.13. The molecule has 2 rings (SSSR count). The Bertz CT molecular complexity index is 249. The summed E-state index contributed by atoms with van der Waals surface area (Å²) in [4.78, 5) is 2.44. The van der Waals surface area contributed by atoms with Crippen LogP contribution in [0.4, 0.5) is 5.69 Å². The van der Waals surface area contributed by atoms with Crippen LogP contribution in [0.3, 0.4) is 0 Å². The van der Waals surface area contributed by atoms with Crippen LogP contribution in [0.2, 0.25) is 0 Å². The Kier molecular flexibility index (Phi) is 2.00. The molecular weight excluding hydrogens is 148 g/mol. The van der Waals surface area contributed by atoms with Gasteiger partial charge in [0.25, 0.3) is 0 Å². The molecular formula is C10H14N2. The van der Waals surface area contributed by atoms with Crippen molar-refractivity contribution in [3.8, 4) is 0 Å². The van der Waals surface area contributed by atoms with E-state index in [2.05, 4.69) is 17.0 Å². The summed E-state index contributed by atoms with van der Waals surface area (Å²) in [5, 5.41) is 0. The maximum absolute atomic E-state index is 5.59. The molecule has 12 heavy (non-hydrogen) atoms. The Labute approximate surface area is 73.0 Å². The van der Waals surface area contributed by atoms with Gasteiger partial charge in [0.15, 0.2) is 0 Å². The molecule has 0 atom stereocenters. The van der Waals surface area contributed by atoms with E-state index in [1.807, 2.05) is 12.1 Å². The molecule has 0 spiro atoms. The number of rotatable bonds is 2. The highest BCUT2D eigenvalue weighted by Gasteiger charge is 2.12. The van der Waals surface area contributed by atoms with Crippen LogP contribution in [0.5, 0.6) is 0 Å². The van der Waals surface area contributed by atoms with Crippen LogP contribution < -0.4 is 5.73 Å². The maximum atomic E-state index is 5.59. The van der Waals surface area contributed by atoms with Gasteiger partial charge in [-0.2, -0.15) is 0 Å². The summed E-state index contributed by atoms with van der Waals surface area (Å²) in [5.74, 6) is 0. The minimum atomic E-state index is 0.849. The first-order valence-corrected chi connectivity index (χ1v) is 4.41. The van der Waals surface area contributed by atoms with Crippen LogP contribution in [0.15, 0.2) is 24.3 Å². The normalized spacial score (nSPS) is 17.3. The molecule has 2 nitrogen and oxygen atoms in total. The first-order chi connectivity index (χ1) is 5.84. The van der Waals surface area contributed by atoms with Crippen molar-refractivity contribution < 1.29 is 0 Å². The zero-order chi connectivity index (χ0) is 8.39. The minimum absolute atomic E-state index is 0.849. The molecule has 1 aromatic carbocycles. The van der Waals surface area contributed by atoms with Gasteiger partial charge < -0.3 is 5.73 Å². The van der Waals surface area contributed by atoms with Gasteiger partial charge in [-0.25, -0.2) is 0 Å². The SMILES string of the molecule is Nc1ccc(CN2CCC2)cc1. The lowest BCUT2D eigenvalue weighted by Crippen LogP contribution is -2.36. The molecule has 0 saturated carbocycles. The fourth-order valence-electron chi connectivity index (χ4n) is 1.42. The summed E-state index contributed by atoms with van der Waals surface area (Å²) < 4.78 is 0. The molecule has 1 aromatic rings. The molecule has 0 bridgehead atoms. The monoisotopic (exact) mass is 162 g/mol.